The molecule has 0 aliphatic heterocycles. The first-order valence-electron chi connectivity index (χ1n) is 5.29. The average molecular weight is 327 g/mol. The number of nitrogen functional groups attached to an aromatic ring is 1. The highest BCUT2D eigenvalue weighted by Crippen LogP contribution is 2.22. The molecule has 0 atom stereocenters. The molecular weight excluding hydrogens is 318 g/mol. The Hall–Kier alpha value is -1.95. The minimum atomic E-state index is -0.602. The van der Waals surface area contributed by atoms with E-state index < -0.39 is 17.5 Å². The van der Waals surface area contributed by atoms with Crippen LogP contribution >= 0.6 is 15.9 Å². The number of nitrogens with one attached hydrogen (secondary N) is 1. The highest BCUT2D eigenvalue weighted by Gasteiger charge is 2.13. The molecule has 1 amide bonds. The van der Waals surface area contributed by atoms with Crippen molar-refractivity contribution in [2.45, 2.75) is 0 Å². The summed E-state index contributed by atoms with van der Waals surface area (Å²) in [4.78, 5) is 11.9. The molecule has 0 aromatic heterocycles. The first-order chi connectivity index (χ1) is 8.97. The Morgan fingerprint density at radius 1 is 1.16 bits per heavy atom. The summed E-state index contributed by atoms with van der Waals surface area (Å²) in [7, 11) is 0. The Kier molecular flexibility index (Phi) is 3.80. The van der Waals surface area contributed by atoms with Gasteiger partial charge in [-0.3, -0.25) is 4.79 Å². The second-order valence-corrected chi connectivity index (χ2v) is 4.73. The zero-order chi connectivity index (χ0) is 14.0. The smallest absolute Gasteiger partial charge is 0.257 e. The van der Waals surface area contributed by atoms with Gasteiger partial charge in [0, 0.05) is 10.2 Å². The summed E-state index contributed by atoms with van der Waals surface area (Å²) in [5.74, 6) is -1.71. The molecule has 0 unspecified atom stereocenters. The van der Waals surface area contributed by atoms with E-state index in [9.17, 15) is 13.6 Å². The third kappa shape index (κ3) is 3.08. The Morgan fingerprint density at radius 2 is 1.89 bits per heavy atom. The van der Waals surface area contributed by atoms with Gasteiger partial charge in [0.1, 0.15) is 11.6 Å². The maximum atomic E-state index is 13.5. The summed E-state index contributed by atoms with van der Waals surface area (Å²) < 4.78 is 27.0. The van der Waals surface area contributed by atoms with Crippen molar-refractivity contribution < 1.29 is 13.6 Å². The lowest BCUT2D eigenvalue weighted by Gasteiger charge is -2.08. The van der Waals surface area contributed by atoms with E-state index in [-0.39, 0.29) is 16.9 Å². The van der Waals surface area contributed by atoms with Gasteiger partial charge in [-0.1, -0.05) is 15.9 Å². The maximum absolute atomic E-state index is 13.5. The van der Waals surface area contributed by atoms with Gasteiger partial charge in [-0.2, -0.15) is 0 Å². The Bertz CT molecular complexity index is 647. The van der Waals surface area contributed by atoms with E-state index in [1.165, 1.54) is 24.3 Å². The third-order valence-electron chi connectivity index (χ3n) is 2.43. The largest absolute Gasteiger partial charge is 0.398 e. The summed E-state index contributed by atoms with van der Waals surface area (Å²) in [6.45, 7) is 0. The van der Waals surface area contributed by atoms with E-state index in [1.807, 2.05) is 0 Å². The topological polar surface area (TPSA) is 55.1 Å². The second-order valence-electron chi connectivity index (χ2n) is 3.81. The SMILES string of the molecule is Nc1cc(F)ccc1C(=O)Nc1cc(Br)ccc1F. The van der Waals surface area contributed by atoms with Crippen LogP contribution in [0.5, 0.6) is 0 Å². The zero-order valence-corrected chi connectivity index (χ0v) is 11.2. The molecule has 98 valence electrons. The van der Waals surface area contributed by atoms with Crippen molar-refractivity contribution in [3.8, 4) is 0 Å². The van der Waals surface area contributed by atoms with Crippen LogP contribution in [0.25, 0.3) is 0 Å². The van der Waals surface area contributed by atoms with E-state index in [4.69, 9.17) is 5.73 Å². The van der Waals surface area contributed by atoms with Crippen LogP contribution in [0.3, 0.4) is 0 Å². The number of benzene rings is 2. The first kappa shape index (κ1) is 13.5. The lowest BCUT2D eigenvalue weighted by atomic mass is 10.1. The number of anilines is 2. The van der Waals surface area contributed by atoms with Gasteiger partial charge >= 0.3 is 0 Å². The number of carbonyl (C=O) groups is 1. The second kappa shape index (κ2) is 5.36. The van der Waals surface area contributed by atoms with Crippen LogP contribution in [0, 0.1) is 11.6 Å². The van der Waals surface area contributed by atoms with E-state index >= 15 is 0 Å². The van der Waals surface area contributed by atoms with Crippen molar-refractivity contribution in [1.29, 1.82) is 0 Å². The standard InChI is InChI=1S/C13H9BrF2N2O/c14-7-1-4-10(16)12(5-7)18-13(19)9-3-2-8(15)6-11(9)17/h1-6H,17H2,(H,18,19). The quantitative estimate of drug-likeness (QED) is 0.829. The maximum Gasteiger partial charge on any atom is 0.257 e. The molecule has 0 bridgehead atoms. The van der Waals surface area contributed by atoms with Crippen LogP contribution < -0.4 is 11.1 Å². The van der Waals surface area contributed by atoms with Crippen LogP contribution in [0.4, 0.5) is 20.2 Å². The molecule has 19 heavy (non-hydrogen) atoms. The van der Waals surface area contributed by atoms with Crippen LogP contribution in [-0.4, -0.2) is 5.91 Å². The first-order valence-corrected chi connectivity index (χ1v) is 6.08. The third-order valence-corrected chi connectivity index (χ3v) is 2.93. The van der Waals surface area contributed by atoms with Gasteiger partial charge in [0.2, 0.25) is 0 Å². The van der Waals surface area contributed by atoms with Crippen LogP contribution in [0.2, 0.25) is 0 Å². The minimum Gasteiger partial charge on any atom is -0.398 e. The Balaban J connectivity index is 2.28. The van der Waals surface area contributed by atoms with Crippen LogP contribution in [0.15, 0.2) is 40.9 Å². The molecule has 6 heteroatoms. The summed E-state index contributed by atoms with van der Waals surface area (Å²) in [5.41, 5.74) is 5.63. The summed E-state index contributed by atoms with van der Waals surface area (Å²) >= 11 is 3.17. The molecule has 0 aliphatic carbocycles. The Morgan fingerprint density at radius 3 is 2.58 bits per heavy atom. The van der Waals surface area contributed by atoms with Gasteiger partial charge < -0.3 is 11.1 Å². The lowest BCUT2D eigenvalue weighted by molar-refractivity contribution is 0.102. The fraction of sp³-hybridized carbons (Fsp3) is 0. The highest BCUT2D eigenvalue weighted by molar-refractivity contribution is 9.10. The molecule has 0 radical (unpaired) electrons. The molecule has 0 aliphatic rings. The molecule has 0 saturated heterocycles. The van der Waals surface area contributed by atoms with Gasteiger partial charge in [0.15, 0.2) is 0 Å². The molecule has 2 aromatic rings. The van der Waals surface area contributed by atoms with Gasteiger partial charge in [0.25, 0.3) is 5.91 Å². The van der Waals surface area contributed by atoms with Crippen molar-refractivity contribution in [2.24, 2.45) is 0 Å². The van der Waals surface area contributed by atoms with E-state index in [0.29, 0.717) is 4.47 Å². The number of amides is 1. The van der Waals surface area contributed by atoms with E-state index in [1.54, 1.807) is 0 Å². The van der Waals surface area contributed by atoms with Crippen molar-refractivity contribution in [3.05, 3.63) is 58.1 Å². The molecular formula is C13H9BrF2N2O. The summed E-state index contributed by atoms with van der Waals surface area (Å²) in [6.07, 6.45) is 0. The number of rotatable bonds is 2. The number of nitrogens with two attached hydrogens (primary N) is 1. The van der Waals surface area contributed by atoms with Gasteiger partial charge in [0.05, 0.1) is 11.3 Å². The molecule has 0 heterocycles. The van der Waals surface area contributed by atoms with Crippen molar-refractivity contribution >= 4 is 33.2 Å². The molecule has 2 rings (SSSR count). The predicted molar refractivity (Wildman–Crippen MR) is 72.9 cm³/mol. The van der Waals surface area contributed by atoms with E-state index in [0.717, 1.165) is 12.1 Å². The Labute approximate surface area is 116 Å². The van der Waals surface area contributed by atoms with Gasteiger partial charge in [-0.05, 0) is 36.4 Å². The normalized spacial score (nSPS) is 10.3. The summed E-state index contributed by atoms with van der Waals surface area (Å²) in [5, 5.41) is 2.38. The van der Waals surface area contributed by atoms with Crippen molar-refractivity contribution in [1.82, 2.24) is 0 Å². The molecule has 0 fully saturated rings. The molecule has 2 aromatic carbocycles. The predicted octanol–water partition coefficient (Wildman–Crippen LogP) is 3.56. The van der Waals surface area contributed by atoms with Gasteiger partial charge in [-0.25, -0.2) is 8.78 Å². The molecule has 3 N–H and O–H groups in total. The molecule has 0 spiro atoms. The number of hydrogen-bond donors (Lipinski definition) is 2. The fourth-order valence-electron chi connectivity index (χ4n) is 1.52. The molecule has 3 nitrogen and oxygen atoms in total. The zero-order valence-electron chi connectivity index (χ0n) is 9.58. The van der Waals surface area contributed by atoms with Gasteiger partial charge in [-0.15, -0.1) is 0 Å². The number of carbonyl (C=O) groups excluding carboxylic acids is 1. The highest BCUT2D eigenvalue weighted by atomic mass is 79.9. The van der Waals surface area contributed by atoms with Crippen LogP contribution in [0.1, 0.15) is 10.4 Å². The minimum absolute atomic E-state index is 0.00657. The molecule has 0 saturated carbocycles. The monoisotopic (exact) mass is 326 g/mol. The number of halogens is 3. The fourth-order valence-corrected chi connectivity index (χ4v) is 1.88. The average Bonchev–Trinajstić information content (AvgIpc) is 2.33. The lowest BCUT2D eigenvalue weighted by Crippen LogP contribution is -2.15. The number of hydrogen-bond acceptors (Lipinski definition) is 2. The van der Waals surface area contributed by atoms with Crippen molar-refractivity contribution in [2.75, 3.05) is 11.1 Å². The van der Waals surface area contributed by atoms with Crippen molar-refractivity contribution in [3.63, 3.8) is 0 Å². The van der Waals surface area contributed by atoms with Crippen LogP contribution in [-0.2, 0) is 0 Å². The summed E-state index contributed by atoms with van der Waals surface area (Å²) in [6, 6.07) is 7.54. The van der Waals surface area contributed by atoms with E-state index in [2.05, 4.69) is 21.2 Å².